The number of methoxy groups -OCH3 is 1. The molecule has 0 heterocycles. The quantitative estimate of drug-likeness (QED) is 0.637. The first-order chi connectivity index (χ1) is 9.51. The lowest BCUT2D eigenvalue weighted by molar-refractivity contribution is 0.0600. The maximum Gasteiger partial charge on any atom is 0.338 e. The maximum absolute atomic E-state index is 13.7. The molecule has 0 aromatic heterocycles. The molecule has 1 aliphatic carbocycles. The first-order valence-corrected chi connectivity index (χ1v) is 6.29. The topological polar surface area (TPSA) is 88.1 Å². The number of anilines is 2. The highest BCUT2D eigenvalue weighted by molar-refractivity contribution is 5.92. The van der Waals surface area contributed by atoms with Gasteiger partial charge >= 0.3 is 5.97 Å². The monoisotopic (exact) mass is 277 g/mol. The Morgan fingerprint density at radius 2 is 2.30 bits per heavy atom. The number of esters is 1. The predicted octanol–water partition coefficient (Wildman–Crippen LogP) is 2.30. The molecule has 0 aliphatic heterocycles. The lowest BCUT2D eigenvalue weighted by Crippen LogP contribution is -2.16. The van der Waals surface area contributed by atoms with Gasteiger partial charge in [0.2, 0.25) is 0 Å². The van der Waals surface area contributed by atoms with Gasteiger partial charge in [0.15, 0.2) is 0 Å². The van der Waals surface area contributed by atoms with Crippen molar-refractivity contribution >= 4 is 17.3 Å². The summed E-state index contributed by atoms with van der Waals surface area (Å²) in [6, 6.07) is 4.67. The van der Waals surface area contributed by atoms with E-state index in [-0.39, 0.29) is 16.7 Å². The number of ether oxygens (including phenoxy) is 1. The van der Waals surface area contributed by atoms with E-state index < -0.39 is 11.8 Å². The van der Waals surface area contributed by atoms with E-state index in [0.717, 1.165) is 18.9 Å². The second-order valence-electron chi connectivity index (χ2n) is 5.10. The van der Waals surface area contributed by atoms with E-state index in [4.69, 9.17) is 11.0 Å². The van der Waals surface area contributed by atoms with Crippen LogP contribution in [0.25, 0.3) is 0 Å². The fraction of sp³-hybridized carbons (Fsp3) is 0.429. The Morgan fingerprint density at radius 1 is 1.60 bits per heavy atom. The maximum atomic E-state index is 13.7. The van der Waals surface area contributed by atoms with Crippen molar-refractivity contribution in [3.05, 3.63) is 23.5 Å². The lowest BCUT2D eigenvalue weighted by Gasteiger charge is -2.16. The van der Waals surface area contributed by atoms with Gasteiger partial charge in [-0.1, -0.05) is 0 Å². The number of nitrogens with two attached hydrogens (primary N) is 1. The second kappa shape index (κ2) is 5.37. The van der Waals surface area contributed by atoms with Crippen LogP contribution in [0.3, 0.4) is 0 Å². The third-order valence-corrected chi connectivity index (χ3v) is 3.62. The molecule has 106 valence electrons. The van der Waals surface area contributed by atoms with Crippen LogP contribution in [0.2, 0.25) is 0 Å². The summed E-state index contributed by atoms with van der Waals surface area (Å²) >= 11 is 0. The predicted molar refractivity (Wildman–Crippen MR) is 72.5 cm³/mol. The number of halogens is 1. The summed E-state index contributed by atoms with van der Waals surface area (Å²) in [7, 11) is 1.23. The van der Waals surface area contributed by atoms with Gasteiger partial charge in [0.05, 0.1) is 30.1 Å². The van der Waals surface area contributed by atoms with Crippen molar-refractivity contribution in [3.63, 3.8) is 0 Å². The minimum Gasteiger partial charge on any atom is -0.465 e. The molecule has 1 aliphatic rings. The van der Waals surface area contributed by atoms with Gasteiger partial charge < -0.3 is 15.8 Å². The molecular formula is C14H16FN3O2. The van der Waals surface area contributed by atoms with Crippen molar-refractivity contribution in [2.45, 2.75) is 19.3 Å². The molecule has 0 radical (unpaired) electrons. The number of carbonyl (C=O) groups excluding carboxylic acids is 1. The Bertz CT molecular complexity index is 577. The molecule has 0 atom stereocenters. The van der Waals surface area contributed by atoms with Crippen molar-refractivity contribution < 1.29 is 13.9 Å². The number of carbonyl (C=O) groups is 1. The summed E-state index contributed by atoms with van der Waals surface area (Å²) in [4.78, 5) is 11.4. The van der Waals surface area contributed by atoms with Gasteiger partial charge in [-0.25, -0.2) is 9.18 Å². The molecule has 0 bridgehead atoms. The summed E-state index contributed by atoms with van der Waals surface area (Å²) in [5.74, 6) is -1.29. The van der Waals surface area contributed by atoms with E-state index in [1.54, 1.807) is 0 Å². The van der Waals surface area contributed by atoms with Crippen LogP contribution in [0.15, 0.2) is 12.1 Å². The number of hydrogen-bond acceptors (Lipinski definition) is 5. The Morgan fingerprint density at radius 3 is 2.85 bits per heavy atom. The zero-order valence-corrected chi connectivity index (χ0v) is 11.2. The number of nitrogens with one attached hydrogen (secondary N) is 1. The Hall–Kier alpha value is -2.29. The second-order valence-corrected chi connectivity index (χ2v) is 5.10. The highest BCUT2D eigenvalue weighted by Crippen LogP contribution is 2.48. The summed E-state index contributed by atoms with van der Waals surface area (Å²) in [6.45, 7) is 0.537. The Labute approximate surface area is 116 Å². The van der Waals surface area contributed by atoms with Crippen molar-refractivity contribution in [1.29, 1.82) is 5.26 Å². The molecule has 6 heteroatoms. The van der Waals surface area contributed by atoms with Crippen molar-refractivity contribution in [2.24, 2.45) is 5.41 Å². The molecule has 5 nitrogen and oxygen atoms in total. The van der Waals surface area contributed by atoms with Gasteiger partial charge in [0.1, 0.15) is 5.82 Å². The zero-order valence-electron chi connectivity index (χ0n) is 11.2. The van der Waals surface area contributed by atoms with Crippen LogP contribution in [-0.2, 0) is 4.74 Å². The number of benzene rings is 1. The molecular weight excluding hydrogens is 261 g/mol. The molecule has 1 aromatic rings. The highest BCUT2D eigenvalue weighted by atomic mass is 19.1. The van der Waals surface area contributed by atoms with E-state index in [0.29, 0.717) is 18.7 Å². The molecule has 1 fully saturated rings. The third kappa shape index (κ3) is 2.82. The van der Waals surface area contributed by atoms with E-state index in [2.05, 4.69) is 16.1 Å². The summed E-state index contributed by atoms with van der Waals surface area (Å²) in [5.41, 5.74) is 6.04. The minimum atomic E-state index is -0.666. The number of nitrogens with zero attached hydrogens (tertiary/aromatic N) is 1. The zero-order chi connectivity index (χ0) is 14.8. The highest BCUT2D eigenvalue weighted by Gasteiger charge is 2.42. The van der Waals surface area contributed by atoms with Crippen LogP contribution < -0.4 is 11.1 Å². The number of hydrogen-bond donors (Lipinski definition) is 2. The average molecular weight is 277 g/mol. The fourth-order valence-electron chi connectivity index (χ4n) is 2.04. The molecule has 3 N–H and O–H groups in total. The van der Waals surface area contributed by atoms with Crippen LogP contribution in [0, 0.1) is 22.6 Å². The van der Waals surface area contributed by atoms with Crippen LogP contribution in [0.5, 0.6) is 0 Å². The molecule has 1 saturated carbocycles. The molecule has 0 spiro atoms. The minimum absolute atomic E-state index is 0.0367. The van der Waals surface area contributed by atoms with Crippen molar-refractivity contribution in [3.8, 4) is 6.07 Å². The molecule has 0 saturated heterocycles. The third-order valence-electron chi connectivity index (χ3n) is 3.62. The first kappa shape index (κ1) is 14.1. The molecule has 20 heavy (non-hydrogen) atoms. The van der Waals surface area contributed by atoms with Gasteiger partial charge in [0, 0.05) is 18.4 Å². The molecule has 1 aromatic carbocycles. The van der Waals surface area contributed by atoms with E-state index in [1.165, 1.54) is 13.2 Å². The van der Waals surface area contributed by atoms with E-state index >= 15 is 0 Å². The Balaban J connectivity index is 2.17. The summed E-state index contributed by atoms with van der Waals surface area (Å²) in [5, 5.41) is 11.8. The number of nitrogen functional groups attached to an aromatic ring is 1. The standard InChI is InChI=1S/C14H16FN3O2/c1-20-13(19)9-6-10(15)12(17)11(7-9)18-8-14(2-3-14)4-5-16/h6-7,18H,2-4,8,17H2,1H3. The summed E-state index contributed by atoms with van der Waals surface area (Å²) < 4.78 is 18.3. The van der Waals surface area contributed by atoms with Gasteiger partial charge in [-0.3, -0.25) is 0 Å². The van der Waals surface area contributed by atoms with Crippen molar-refractivity contribution in [2.75, 3.05) is 24.7 Å². The van der Waals surface area contributed by atoms with Crippen LogP contribution in [0.4, 0.5) is 15.8 Å². The average Bonchev–Trinajstić information content (AvgIpc) is 3.20. The SMILES string of the molecule is COC(=O)c1cc(F)c(N)c(NCC2(CC#N)CC2)c1. The van der Waals surface area contributed by atoms with Gasteiger partial charge in [-0.2, -0.15) is 5.26 Å². The lowest BCUT2D eigenvalue weighted by atomic mass is 10.0. The van der Waals surface area contributed by atoms with Crippen LogP contribution in [-0.4, -0.2) is 19.6 Å². The van der Waals surface area contributed by atoms with Crippen LogP contribution in [0.1, 0.15) is 29.6 Å². The molecule has 0 amide bonds. The van der Waals surface area contributed by atoms with E-state index in [9.17, 15) is 9.18 Å². The van der Waals surface area contributed by atoms with Gasteiger partial charge in [-0.15, -0.1) is 0 Å². The van der Waals surface area contributed by atoms with Gasteiger partial charge in [-0.05, 0) is 25.0 Å². The fourth-order valence-corrected chi connectivity index (χ4v) is 2.04. The van der Waals surface area contributed by atoms with Crippen molar-refractivity contribution in [1.82, 2.24) is 0 Å². The normalized spacial score (nSPS) is 15.2. The first-order valence-electron chi connectivity index (χ1n) is 6.29. The number of rotatable bonds is 5. The number of nitriles is 1. The smallest absolute Gasteiger partial charge is 0.338 e. The van der Waals surface area contributed by atoms with Crippen LogP contribution >= 0.6 is 0 Å². The van der Waals surface area contributed by atoms with E-state index in [1.807, 2.05) is 0 Å². The molecule has 0 unspecified atom stereocenters. The van der Waals surface area contributed by atoms with Gasteiger partial charge in [0.25, 0.3) is 0 Å². The molecule has 2 rings (SSSR count). The largest absolute Gasteiger partial charge is 0.465 e. The Kier molecular flexibility index (Phi) is 3.79. The summed E-state index contributed by atoms with van der Waals surface area (Å²) in [6.07, 6.45) is 2.39.